The summed E-state index contributed by atoms with van der Waals surface area (Å²) in [6, 6.07) is 2.59. The molecular formula is C12H8F4N2OS. The fourth-order valence-corrected chi connectivity index (χ4v) is 2.05. The van der Waals surface area contributed by atoms with Crippen LogP contribution in [0.4, 0.5) is 17.6 Å². The predicted molar refractivity (Wildman–Crippen MR) is 64.7 cm³/mol. The van der Waals surface area contributed by atoms with Crippen LogP contribution < -0.4 is 5.32 Å². The molecule has 0 spiro atoms. The maximum absolute atomic E-state index is 13.7. The molecule has 1 N–H and O–H groups in total. The minimum atomic E-state index is -4.84. The van der Waals surface area contributed by atoms with Crippen LogP contribution in [0.2, 0.25) is 0 Å². The first-order valence-electron chi connectivity index (χ1n) is 5.41. The maximum atomic E-state index is 13.7. The highest BCUT2D eigenvalue weighted by Gasteiger charge is 2.35. The summed E-state index contributed by atoms with van der Waals surface area (Å²) in [5, 5.41) is 2.34. The van der Waals surface area contributed by atoms with Gasteiger partial charge in [-0.1, -0.05) is 6.07 Å². The Morgan fingerprint density at radius 2 is 2.10 bits per heavy atom. The molecule has 106 valence electrons. The first kappa shape index (κ1) is 14.4. The molecule has 1 heterocycles. The molecule has 3 nitrogen and oxygen atoms in total. The van der Waals surface area contributed by atoms with E-state index in [-0.39, 0.29) is 6.54 Å². The monoisotopic (exact) mass is 304 g/mol. The molecule has 0 saturated carbocycles. The SMILES string of the molecule is O=C(NCc1cncs1)c1cccc(C(F)(F)F)c1F. The van der Waals surface area contributed by atoms with Crippen LogP contribution in [0.25, 0.3) is 0 Å². The van der Waals surface area contributed by atoms with E-state index in [0.29, 0.717) is 10.9 Å². The van der Waals surface area contributed by atoms with Crippen molar-refractivity contribution in [1.82, 2.24) is 10.3 Å². The zero-order chi connectivity index (χ0) is 14.8. The van der Waals surface area contributed by atoms with Gasteiger partial charge in [0.25, 0.3) is 5.91 Å². The topological polar surface area (TPSA) is 42.0 Å². The molecule has 2 aromatic rings. The van der Waals surface area contributed by atoms with Crippen molar-refractivity contribution in [2.45, 2.75) is 12.7 Å². The number of benzene rings is 1. The van der Waals surface area contributed by atoms with Crippen molar-refractivity contribution < 1.29 is 22.4 Å². The van der Waals surface area contributed by atoms with Gasteiger partial charge in [-0.25, -0.2) is 4.39 Å². The smallest absolute Gasteiger partial charge is 0.347 e. The van der Waals surface area contributed by atoms with E-state index in [0.717, 1.165) is 12.1 Å². The molecule has 20 heavy (non-hydrogen) atoms. The number of rotatable bonds is 3. The first-order valence-corrected chi connectivity index (χ1v) is 6.29. The molecule has 1 amide bonds. The zero-order valence-corrected chi connectivity index (χ0v) is 10.7. The summed E-state index contributed by atoms with van der Waals surface area (Å²) in [5.41, 5.74) is -0.543. The number of hydrogen-bond donors (Lipinski definition) is 1. The Kier molecular flexibility index (Phi) is 4.03. The van der Waals surface area contributed by atoms with Gasteiger partial charge in [0.1, 0.15) is 5.82 Å². The Balaban J connectivity index is 2.18. The first-order chi connectivity index (χ1) is 9.39. The van der Waals surface area contributed by atoms with Crippen LogP contribution in [0.15, 0.2) is 29.9 Å². The molecule has 0 aliphatic carbocycles. The molecule has 0 unspecified atom stereocenters. The summed E-state index contributed by atoms with van der Waals surface area (Å²) in [6.45, 7) is 0.0825. The minimum absolute atomic E-state index is 0.0825. The largest absolute Gasteiger partial charge is 0.419 e. The average molecular weight is 304 g/mol. The van der Waals surface area contributed by atoms with Crippen molar-refractivity contribution >= 4 is 17.2 Å². The molecule has 0 atom stereocenters. The number of thiazole rings is 1. The normalized spacial score (nSPS) is 11.4. The standard InChI is InChI=1S/C12H8F4N2OS/c13-10-8(2-1-3-9(10)12(14,15)16)11(19)18-5-7-4-17-6-20-7/h1-4,6H,5H2,(H,18,19). The highest BCUT2D eigenvalue weighted by atomic mass is 32.1. The second kappa shape index (κ2) is 5.58. The Labute approximate surface area is 115 Å². The highest BCUT2D eigenvalue weighted by Crippen LogP contribution is 2.32. The third kappa shape index (κ3) is 3.13. The molecule has 1 aromatic carbocycles. The third-order valence-corrected chi connectivity index (χ3v) is 3.24. The van der Waals surface area contributed by atoms with Gasteiger partial charge in [0.05, 0.1) is 23.2 Å². The van der Waals surface area contributed by atoms with Gasteiger partial charge in [-0.2, -0.15) is 13.2 Å². The number of carbonyl (C=O) groups is 1. The Morgan fingerprint density at radius 3 is 2.70 bits per heavy atom. The van der Waals surface area contributed by atoms with Crippen molar-refractivity contribution in [3.8, 4) is 0 Å². The summed E-state index contributed by atoms with van der Waals surface area (Å²) in [5.74, 6) is -2.47. The van der Waals surface area contributed by atoms with Gasteiger partial charge >= 0.3 is 6.18 Å². The van der Waals surface area contributed by atoms with E-state index in [1.807, 2.05) is 0 Å². The molecule has 0 aliphatic heterocycles. The van der Waals surface area contributed by atoms with Gasteiger partial charge in [0.2, 0.25) is 0 Å². The van der Waals surface area contributed by atoms with Crippen molar-refractivity contribution in [3.05, 3.63) is 51.7 Å². The maximum Gasteiger partial charge on any atom is 0.419 e. The highest BCUT2D eigenvalue weighted by molar-refractivity contribution is 7.09. The van der Waals surface area contributed by atoms with Crippen LogP contribution >= 0.6 is 11.3 Å². The van der Waals surface area contributed by atoms with E-state index < -0.39 is 29.0 Å². The summed E-state index contributed by atoms with van der Waals surface area (Å²) < 4.78 is 51.3. The molecule has 0 fully saturated rings. The summed E-state index contributed by atoms with van der Waals surface area (Å²) in [6.07, 6.45) is -3.33. The minimum Gasteiger partial charge on any atom is -0.347 e. The predicted octanol–water partition coefficient (Wildman–Crippen LogP) is 3.23. The molecule has 0 bridgehead atoms. The molecule has 0 aliphatic rings. The van der Waals surface area contributed by atoms with E-state index in [1.54, 1.807) is 5.51 Å². The van der Waals surface area contributed by atoms with Gasteiger partial charge in [-0.05, 0) is 12.1 Å². The molecule has 1 aromatic heterocycles. The van der Waals surface area contributed by atoms with E-state index in [9.17, 15) is 22.4 Å². The number of aromatic nitrogens is 1. The van der Waals surface area contributed by atoms with Gasteiger partial charge in [0.15, 0.2) is 0 Å². The van der Waals surface area contributed by atoms with Crippen LogP contribution in [0.3, 0.4) is 0 Å². The van der Waals surface area contributed by atoms with E-state index >= 15 is 0 Å². The number of hydrogen-bond acceptors (Lipinski definition) is 3. The molecule has 0 saturated heterocycles. The second-order valence-corrected chi connectivity index (χ2v) is 4.79. The average Bonchev–Trinajstić information content (AvgIpc) is 2.88. The van der Waals surface area contributed by atoms with Gasteiger partial charge < -0.3 is 5.32 Å². The number of halogens is 4. The zero-order valence-electron chi connectivity index (χ0n) is 9.87. The van der Waals surface area contributed by atoms with Crippen LogP contribution in [0.5, 0.6) is 0 Å². The molecule has 8 heteroatoms. The number of nitrogens with zero attached hydrogens (tertiary/aromatic N) is 1. The summed E-state index contributed by atoms with van der Waals surface area (Å²) in [7, 11) is 0. The van der Waals surface area contributed by atoms with Gasteiger partial charge in [0, 0.05) is 11.1 Å². The summed E-state index contributed by atoms with van der Waals surface area (Å²) >= 11 is 1.27. The van der Waals surface area contributed by atoms with Gasteiger partial charge in [-0.3, -0.25) is 9.78 Å². The van der Waals surface area contributed by atoms with Crippen molar-refractivity contribution in [3.63, 3.8) is 0 Å². The van der Waals surface area contributed by atoms with Crippen LogP contribution in [-0.4, -0.2) is 10.9 Å². The van der Waals surface area contributed by atoms with Crippen molar-refractivity contribution in [2.75, 3.05) is 0 Å². The number of alkyl halides is 3. The van der Waals surface area contributed by atoms with Crippen LogP contribution in [0.1, 0.15) is 20.8 Å². The lowest BCUT2D eigenvalue weighted by Gasteiger charge is -2.11. The van der Waals surface area contributed by atoms with Crippen molar-refractivity contribution in [1.29, 1.82) is 0 Å². The molecular weight excluding hydrogens is 296 g/mol. The molecule has 2 rings (SSSR count). The van der Waals surface area contributed by atoms with E-state index in [4.69, 9.17) is 0 Å². The van der Waals surface area contributed by atoms with Crippen molar-refractivity contribution in [2.24, 2.45) is 0 Å². The Bertz CT molecular complexity index is 610. The quantitative estimate of drug-likeness (QED) is 0.885. The van der Waals surface area contributed by atoms with E-state index in [2.05, 4.69) is 10.3 Å². The van der Waals surface area contributed by atoms with Crippen LogP contribution in [0, 0.1) is 5.82 Å². The Hall–Kier alpha value is -1.96. The summed E-state index contributed by atoms with van der Waals surface area (Å²) in [4.78, 5) is 16.2. The fraction of sp³-hybridized carbons (Fsp3) is 0.167. The third-order valence-electron chi connectivity index (χ3n) is 2.46. The number of carbonyl (C=O) groups excluding carboxylic acids is 1. The number of amides is 1. The number of nitrogens with one attached hydrogen (secondary N) is 1. The second-order valence-electron chi connectivity index (χ2n) is 3.82. The van der Waals surface area contributed by atoms with Crippen LogP contribution in [-0.2, 0) is 12.7 Å². The fourth-order valence-electron chi connectivity index (χ4n) is 1.52. The lowest BCUT2D eigenvalue weighted by atomic mass is 10.1. The van der Waals surface area contributed by atoms with E-state index in [1.165, 1.54) is 17.5 Å². The lowest BCUT2D eigenvalue weighted by Crippen LogP contribution is -2.24. The van der Waals surface area contributed by atoms with Gasteiger partial charge in [-0.15, -0.1) is 11.3 Å². The Morgan fingerprint density at radius 1 is 1.35 bits per heavy atom. The lowest BCUT2D eigenvalue weighted by molar-refractivity contribution is -0.140. The molecule has 0 radical (unpaired) electrons.